The minimum Gasteiger partial charge on any atom is -0.508 e. The first kappa shape index (κ1) is 13.4. The van der Waals surface area contributed by atoms with Gasteiger partial charge in [0.15, 0.2) is 0 Å². The summed E-state index contributed by atoms with van der Waals surface area (Å²) < 4.78 is 31.3. The van der Waals surface area contributed by atoms with Crippen molar-refractivity contribution >= 4 is 5.97 Å². The SMILES string of the molecule is COC(=O)C(N)(c1ccc(O)cc1)C(C)(F)F. The summed E-state index contributed by atoms with van der Waals surface area (Å²) in [5.41, 5.74) is 2.79. The summed E-state index contributed by atoms with van der Waals surface area (Å²) in [6.45, 7) is 0.538. The summed E-state index contributed by atoms with van der Waals surface area (Å²) in [7, 11) is 0.982. The predicted molar refractivity (Wildman–Crippen MR) is 56.6 cm³/mol. The molecule has 94 valence electrons. The molecule has 0 aromatic heterocycles. The first-order valence-electron chi connectivity index (χ1n) is 4.78. The molecular formula is C11H13F2NO3. The van der Waals surface area contributed by atoms with Crippen molar-refractivity contribution in [3.63, 3.8) is 0 Å². The Hall–Kier alpha value is -1.69. The maximum atomic E-state index is 13.5. The number of esters is 1. The Morgan fingerprint density at radius 1 is 1.35 bits per heavy atom. The van der Waals surface area contributed by atoms with E-state index >= 15 is 0 Å². The van der Waals surface area contributed by atoms with E-state index in [9.17, 15) is 13.6 Å². The van der Waals surface area contributed by atoms with Crippen LogP contribution in [0.25, 0.3) is 0 Å². The third-order valence-corrected chi connectivity index (χ3v) is 2.52. The summed E-state index contributed by atoms with van der Waals surface area (Å²) in [5.74, 6) is -4.85. The minimum absolute atomic E-state index is 0.111. The summed E-state index contributed by atoms with van der Waals surface area (Å²) in [6, 6.07) is 4.66. The molecule has 0 aliphatic heterocycles. The fourth-order valence-electron chi connectivity index (χ4n) is 1.44. The molecule has 1 aromatic rings. The number of phenolic OH excluding ortho intramolecular Hbond substituents is 1. The number of halogens is 2. The van der Waals surface area contributed by atoms with Crippen LogP contribution in [-0.4, -0.2) is 24.1 Å². The van der Waals surface area contributed by atoms with Gasteiger partial charge in [0.25, 0.3) is 5.92 Å². The molecule has 0 fully saturated rings. The van der Waals surface area contributed by atoms with Crippen molar-refractivity contribution in [1.29, 1.82) is 0 Å². The first-order chi connectivity index (χ1) is 7.73. The van der Waals surface area contributed by atoms with E-state index in [-0.39, 0.29) is 11.3 Å². The number of nitrogens with two attached hydrogens (primary N) is 1. The van der Waals surface area contributed by atoms with Gasteiger partial charge in [-0.1, -0.05) is 12.1 Å². The zero-order valence-corrected chi connectivity index (χ0v) is 9.41. The number of rotatable bonds is 3. The lowest BCUT2D eigenvalue weighted by atomic mass is 9.85. The van der Waals surface area contributed by atoms with Gasteiger partial charge in [-0.05, 0) is 17.7 Å². The Bertz CT molecular complexity index is 414. The van der Waals surface area contributed by atoms with Gasteiger partial charge in [-0.25, -0.2) is 13.6 Å². The van der Waals surface area contributed by atoms with Crippen LogP contribution in [0.1, 0.15) is 12.5 Å². The van der Waals surface area contributed by atoms with E-state index < -0.39 is 17.4 Å². The molecule has 0 bridgehead atoms. The van der Waals surface area contributed by atoms with E-state index in [2.05, 4.69) is 4.74 Å². The molecular weight excluding hydrogens is 232 g/mol. The van der Waals surface area contributed by atoms with Crippen molar-refractivity contribution in [3.05, 3.63) is 29.8 Å². The lowest BCUT2D eigenvalue weighted by Gasteiger charge is -2.32. The third-order valence-electron chi connectivity index (χ3n) is 2.52. The molecule has 1 aromatic carbocycles. The molecule has 0 aliphatic carbocycles. The van der Waals surface area contributed by atoms with Gasteiger partial charge < -0.3 is 15.6 Å². The minimum atomic E-state index is -3.50. The average Bonchev–Trinajstić information content (AvgIpc) is 2.26. The van der Waals surface area contributed by atoms with Crippen molar-refractivity contribution in [2.24, 2.45) is 5.73 Å². The average molecular weight is 245 g/mol. The molecule has 6 heteroatoms. The van der Waals surface area contributed by atoms with E-state index in [4.69, 9.17) is 10.8 Å². The molecule has 0 amide bonds. The normalized spacial score (nSPS) is 15.1. The number of ether oxygens (including phenoxy) is 1. The highest BCUT2D eigenvalue weighted by Gasteiger charge is 2.55. The summed E-state index contributed by atoms with van der Waals surface area (Å²) >= 11 is 0. The van der Waals surface area contributed by atoms with E-state index in [0.717, 1.165) is 19.2 Å². The number of benzene rings is 1. The van der Waals surface area contributed by atoms with Gasteiger partial charge >= 0.3 is 5.97 Å². The number of phenols is 1. The Morgan fingerprint density at radius 3 is 2.18 bits per heavy atom. The summed E-state index contributed by atoms with van der Waals surface area (Å²) in [5, 5.41) is 9.08. The zero-order valence-electron chi connectivity index (χ0n) is 9.41. The van der Waals surface area contributed by atoms with Crippen LogP contribution in [0.3, 0.4) is 0 Å². The van der Waals surface area contributed by atoms with Crippen molar-refractivity contribution in [3.8, 4) is 5.75 Å². The van der Waals surface area contributed by atoms with Crippen LogP contribution in [0.5, 0.6) is 5.75 Å². The molecule has 0 saturated heterocycles. The van der Waals surface area contributed by atoms with Gasteiger partial charge in [0.2, 0.25) is 5.54 Å². The van der Waals surface area contributed by atoms with Crippen molar-refractivity contribution < 1.29 is 23.4 Å². The molecule has 0 saturated carbocycles. The fourth-order valence-corrected chi connectivity index (χ4v) is 1.44. The van der Waals surface area contributed by atoms with Gasteiger partial charge in [0, 0.05) is 6.92 Å². The largest absolute Gasteiger partial charge is 0.508 e. The standard InChI is InChI=1S/C11H13F2NO3/c1-10(12,13)11(14,9(16)17-2)7-3-5-8(15)6-4-7/h3-6,15H,14H2,1-2H3. The number of aromatic hydroxyl groups is 1. The van der Waals surface area contributed by atoms with E-state index in [1.54, 1.807) is 0 Å². The van der Waals surface area contributed by atoms with Crippen LogP contribution in [0.15, 0.2) is 24.3 Å². The van der Waals surface area contributed by atoms with E-state index in [1.807, 2.05) is 0 Å². The second-order valence-electron chi connectivity index (χ2n) is 3.73. The highest BCUT2D eigenvalue weighted by atomic mass is 19.3. The van der Waals surface area contributed by atoms with Crippen LogP contribution in [-0.2, 0) is 15.1 Å². The van der Waals surface area contributed by atoms with Gasteiger partial charge in [0.1, 0.15) is 5.75 Å². The summed E-state index contributed by atoms with van der Waals surface area (Å²) in [6.07, 6.45) is 0. The zero-order chi connectivity index (χ0) is 13.3. The van der Waals surface area contributed by atoms with E-state index in [0.29, 0.717) is 6.92 Å². The molecule has 0 spiro atoms. The Kier molecular flexibility index (Phi) is 3.38. The quantitative estimate of drug-likeness (QED) is 0.789. The summed E-state index contributed by atoms with van der Waals surface area (Å²) in [4.78, 5) is 11.5. The number of alkyl halides is 2. The van der Waals surface area contributed by atoms with Crippen LogP contribution in [0.2, 0.25) is 0 Å². The smallest absolute Gasteiger partial charge is 0.336 e. The number of hydrogen-bond acceptors (Lipinski definition) is 4. The molecule has 0 aliphatic rings. The number of methoxy groups -OCH3 is 1. The van der Waals surface area contributed by atoms with Crippen molar-refractivity contribution in [2.45, 2.75) is 18.4 Å². The van der Waals surface area contributed by atoms with Crippen molar-refractivity contribution in [1.82, 2.24) is 0 Å². The van der Waals surface area contributed by atoms with E-state index in [1.165, 1.54) is 12.1 Å². The van der Waals surface area contributed by atoms with Gasteiger partial charge in [0.05, 0.1) is 7.11 Å². The fraction of sp³-hybridized carbons (Fsp3) is 0.364. The molecule has 1 rings (SSSR count). The van der Waals surface area contributed by atoms with Crippen LogP contribution < -0.4 is 5.73 Å². The maximum Gasteiger partial charge on any atom is 0.336 e. The highest BCUT2D eigenvalue weighted by molar-refractivity contribution is 5.83. The molecule has 17 heavy (non-hydrogen) atoms. The molecule has 0 radical (unpaired) electrons. The van der Waals surface area contributed by atoms with Gasteiger partial charge in [-0.3, -0.25) is 0 Å². The van der Waals surface area contributed by atoms with Crippen LogP contribution in [0, 0.1) is 0 Å². The van der Waals surface area contributed by atoms with Crippen LogP contribution >= 0.6 is 0 Å². The second kappa shape index (κ2) is 4.29. The van der Waals surface area contributed by atoms with Crippen molar-refractivity contribution in [2.75, 3.05) is 7.11 Å². The lowest BCUT2D eigenvalue weighted by molar-refractivity contribution is -0.164. The maximum absolute atomic E-state index is 13.5. The molecule has 1 unspecified atom stereocenters. The second-order valence-corrected chi connectivity index (χ2v) is 3.73. The third kappa shape index (κ3) is 2.21. The molecule has 4 nitrogen and oxygen atoms in total. The lowest BCUT2D eigenvalue weighted by Crippen LogP contribution is -2.57. The van der Waals surface area contributed by atoms with Crippen LogP contribution in [0.4, 0.5) is 8.78 Å². The Balaban J connectivity index is 3.34. The number of carbonyl (C=O) groups is 1. The first-order valence-corrected chi connectivity index (χ1v) is 4.78. The van der Waals surface area contributed by atoms with Gasteiger partial charge in [-0.15, -0.1) is 0 Å². The van der Waals surface area contributed by atoms with Gasteiger partial charge in [-0.2, -0.15) is 0 Å². The molecule has 0 heterocycles. The number of carbonyl (C=O) groups excluding carboxylic acids is 1. The number of hydrogen-bond donors (Lipinski definition) is 2. The molecule has 3 N–H and O–H groups in total. The monoisotopic (exact) mass is 245 g/mol. The highest BCUT2D eigenvalue weighted by Crippen LogP contribution is 2.36. The Labute approximate surface area is 97.0 Å². The topological polar surface area (TPSA) is 72.5 Å². The molecule has 1 atom stereocenters. The predicted octanol–water partition coefficient (Wildman–Crippen LogP) is 1.37. The Morgan fingerprint density at radius 2 is 1.82 bits per heavy atom.